The molecule has 90 valence electrons. The summed E-state index contributed by atoms with van der Waals surface area (Å²) in [5.41, 5.74) is 3.54. The third-order valence-corrected chi connectivity index (χ3v) is 4.30. The van der Waals surface area contributed by atoms with Crippen LogP contribution in [0.5, 0.6) is 0 Å². The summed E-state index contributed by atoms with van der Waals surface area (Å²) in [7, 11) is 0. The van der Waals surface area contributed by atoms with Crippen LogP contribution in [-0.4, -0.2) is 5.11 Å². The summed E-state index contributed by atoms with van der Waals surface area (Å²) in [5.74, 6) is 0. The number of aryl methyl sites for hydroxylation is 3. The van der Waals surface area contributed by atoms with Crippen molar-refractivity contribution in [2.24, 2.45) is 0 Å². The molecule has 0 spiro atoms. The number of thiophene rings is 1. The molecule has 1 nitrogen and oxygen atoms in total. The molecular weight excluding hydrogens is 228 g/mol. The van der Waals surface area contributed by atoms with E-state index in [-0.39, 0.29) is 0 Å². The number of hydrogen-bond donors (Lipinski definition) is 1. The quantitative estimate of drug-likeness (QED) is 0.851. The second-order valence-electron chi connectivity index (χ2n) is 4.76. The zero-order chi connectivity index (χ0) is 12.6. The Hall–Kier alpha value is -1.12. The van der Waals surface area contributed by atoms with E-state index in [9.17, 15) is 5.11 Å². The lowest BCUT2D eigenvalue weighted by molar-refractivity contribution is 0.102. The van der Waals surface area contributed by atoms with E-state index in [1.165, 1.54) is 16.0 Å². The summed E-state index contributed by atoms with van der Waals surface area (Å²) in [6.07, 6.45) is 0. The Bertz CT molecular complexity index is 538. The van der Waals surface area contributed by atoms with Crippen molar-refractivity contribution in [2.45, 2.75) is 33.3 Å². The normalized spacial score (nSPS) is 14.6. The first kappa shape index (κ1) is 12.3. The average molecular weight is 246 g/mol. The standard InChI is InChI=1S/C15H18OS/c1-10-5-6-13(9-11(10)2)15(4,16)14-7-8-17-12(14)3/h5-9,16H,1-4H3. The van der Waals surface area contributed by atoms with Gasteiger partial charge in [-0.15, -0.1) is 11.3 Å². The van der Waals surface area contributed by atoms with Crippen LogP contribution in [0.3, 0.4) is 0 Å². The summed E-state index contributed by atoms with van der Waals surface area (Å²) in [6.45, 7) is 8.08. The maximum atomic E-state index is 10.7. The predicted octanol–water partition coefficient (Wildman–Crippen LogP) is 3.93. The minimum atomic E-state index is -0.900. The van der Waals surface area contributed by atoms with E-state index in [4.69, 9.17) is 0 Å². The van der Waals surface area contributed by atoms with Gasteiger partial charge in [0.25, 0.3) is 0 Å². The summed E-state index contributed by atoms with van der Waals surface area (Å²) in [5, 5.41) is 12.8. The lowest BCUT2D eigenvalue weighted by atomic mass is 9.87. The Balaban J connectivity index is 2.51. The van der Waals surface area contributed by atoms with Gasteiger partial charge in [-0.1, -0.05) is 18.2 Å². The van der Waals surface area contributed by atoms with Crippen molar-refractivity contribution in [2.75, 3.05) is 0 Å². The first-order valence-corrected chi connectivity index (χ1v) is 6.65. The molecule has 2 rings (SSSR count). The number of benzene rings is 1. The molecule has 2 aromatic rings. The monoisotopic (exact) mass is 246 g/mol. The molecule has 1 atom stereocenters. The van der Waals surface area contributed by atoms with Crippen LogP contribution in [0.2, 0.25) is 0 Å². The van der Waals surface area contributed by atoms with Crippen LogP contribution in [-0.2, 0) is 5.60 Å². The highest BCUT2D eigenvalue weighted by atomic mass is 32.1. The van der Waals surface area contributed by atoms with Gasteiger partial charge in [-0.2, -0.15) is 0 Å². The third kappa shape index (κ3) is 2.15. The molecule has 1 aromatic heterocycles. The lowest BCUT2D eigenvalue weighted by Gasteiger charge is -2.25. The smallest absolute Gasteiger partial charge is 0.113 e. The van der Waals surface area contributed by atoms with Gasteiger partial charge < -0.3 is 5.11 Å². The molecular formula is C15H18OS. The van der Waals surface area contributed by atoms with Gasteiger partial charge in [0.05, 0.1) is 0 Å². The molecule has 0 bridgehead atoms. The third-order valence-electron chi connectivity index (χ3n) is 3.45. The topological polar surface area (TPSA) is 20.2 Å². The summed E-state index contributed by atoms with van der Waals surface area (Å²) < 4.78 is 0. The van der Waals surface area contributed by atoms with E-state index in [1.807, 2.05) is 24.4 Å². The molecule has 0 aliphatic carbocycles. The van der Waals surface area contributed by atoms with Crippen molar-refractivity contribution >= 4 is 11.3 Å². The first-order valence-electron chi connectivity index (χ1n) is 5.77. The maximum absolute atomic E-state index is 10.7. The van der Waals surface area contributed by atoms with Crippen LogP contribution in [0, 0.1) is 20.8 Å². The number of hydrogen-bond acceptors (Lipinski definition) is 2. The van der Waals surface area contributed by atoms with Gasteiger partial charge in [-0.3, -0.25) is 0 Å². The highest BCUT2D eigenvalue weighted by Crippen LogP contribution is 2.34. The van der Waals surface area contributed by atoms with E-state index < -0.39 is 5.60 Å². The fourth-order valence-corrected chi connectivity index (χ4v) is 2.89. The second kappa shape index (κ2) is 4.28. The zero-order valence-corrected chi connectivity index (χ0v) is 11.6. The van der Waals surface area contributed by atoms with Crippen LogP contribution in [0.4, 0.5) is 0 Å². The molecule has 1 heterocycles. The van der Waals surface area contributed by atoms with Crippen molar-refractivity contribution in [3.8, 4) is 0 Å². The second-order valence-corrected chi connectivity index (χ2v) is 5.88. The molecule has 0 amide bonds. The Kier molecular flexibility index (Phi) is 3.11. The summed E-state index contributed by atoms with van der Waals surface area (Å²) in [4.78, 5) is 1.17. The molecule has 17 heavy (non-hydrogen) atoms. The molecule has 1 N–H and O–H groups in total. The molecule has 0 fully saturated rings. The van der Waals surface area contributed by atoms with Gasteiger partial charge in [0, 0.05) is 10.4 Å². The van der Waals surface area contributed by atoms with Crippen molar-refractivity contribution in [3.05, 3.63) is 56.8 Å². The van der Waals surface area contributed by atoms with E-state index in [0.29, 0.717) is 0 Å². The zero-order valence-electron chi connectivity index (χ0n) is 10.7. The van der Waals surface area contributed by atoms with Gasteiger partial charge in [0.1, 0.15) is 5.60 Å². The van der Waals surface area contributed by atoms with Crippen LogP contribution in [0.25, 0.3) is 0 Å². The fourth-order valence-electron chi connectivity index (χ4n) is 2.09. The predicted molar refractivity (Wildman–Crippen MR) is 73.6 cm³/mol. The van der Waals surface area contributed by atoms with Crippen LogP contribution >= 0.6 is 11.3 Å². The minimum Gasteiger partial charge on any atom is -0.381 e. The van der Waals surface area contributed by atoms with Crippen molar-refractivity contribution < 1.29 is 5.11 Å². The molecule has 2 heteroatoms. The molecule has 0 aliphatic heterocycles. The lowest BCUT2D eigenvalue weighted by Crippen LogP contribution is -2.23. The summed E-state index contributed by atoms with van der Waals surface area (Å²) >= 11 is 1.67. The Morgan fingerprint density at radius 3 is 2.29 bits per heavy atom. The highest BCUT2D eigenvalue weighted by molar-refractivity contribution is 7.10. The van der Waals surface area contributed by atoms with Crippen molar-refractivity contribution in [1.82, 2.24) is 0 Å². The van der Waals surface area contributed by atoms with Crippen LogP contribution < -0.4 is 0 Å². The van der Waals surface area contributed by atoms with Gasteiger partial charge in [-0.05, 0) is 55.8 Å². The molecule has 0 saturated heterocycles. The molecule has 0 saturated carbocycles. The van der Waals surface area contributed by atoms with E-state index in [0.717, 1.165) is 11.1 Å². The molecule has 0 radical (unpaired) electrons. The Morgan fingerprint density at radius 2 is 1.76 bits per heavy atom. The van der Waals surface area contributed by atoms with Crippen LogP contribution in [0.15, 0.2) is 29.6 Å². The number of rotatable bonds is 2. The molecule has 1 aromatic carbocycles. The van der Waals surface area contributed by atoms with Gasteiger partial charge in [0.2, 0.25) is 0 Å². The first-order chi connectivity index (χ1) is 7.93. The molecule has 0 aliphatic rings. The van der Waals surface area contributed by atoms with Gasteiger partial charge in [-0.25, -0.2) is 0 Å². The Morgan fingerprint density at radius 1 is 1.06 bits per heavy atom. The highest BCUT2D eigenvalue weighted by Gasteiger charge is 2.28. The van der Waals surface area contributed by atoms with Crippen molar-refractivity contribution in [3.63, 3.8) is 0 Å². The molecule has 1 unspecified atom stereocenters. The Labute approximate surface area is 107 Å². The van der Waals surface area contributed by atoms with Crippen molar-refractivity contribution in [1.29, 1.82) is 0 Å². The fraction of sp³-hybridized carbons (Fsp3) is 0.333. The average Bonchev–Trinajstić information content (AvgIpc) is 2.69. The van der Waals surface area contributed by atoms with E-state index >= 15 is 0 Å². The minimum absolute atomic E-state index is 0.900. The summed E-state index contributed by atoms with van der Waals surface area (Å²) in [6, 6.07) is 8.17. The van der Waals surface area contributed by atoms with Gasteiger partial charge in [0.15, 0.2) is 0 Å². The SMILES string of the molecule is Cc1ccc(C(C)(O)c2ccsc2C)cc1C. The van der Waals surface area contributed by atoms with E-state index in [1.54, 1.807) is 11.3 Å². The van der Waals surface area contributed by atoms with E-state index in [2.05, 4.69) is 32.9 Å². The largest absolute Gasteiger partial charge is 0.381 e. The van der Waals surface area contributed by atoms with Gasteiger partial charge >= 0.3 is 0 Å². The maximum Gasteiger partial charge on any atom is 0.113 e. The van der Waals surface area contributed by atoms with Crippen LogP contribution in [0.1, 0.15) is 34.1 Å². The number of aliphatic hydroxyl groups is 1.